The van der Waals surface area contributed by atoms with Crippen LogP contribution in [0.3, 0.4) is 0 Å². The van der Waals surface area contributed by atoms with Gasteiger partial charge in [0.15, 0.2) is 6.29 Å². The number of rotatable bonds is 5. The molecule has 2 rings (SSSR count). The molecule has 1 amide bonds. The van der Waals surface area contributed by atoms with E-state index < -0.39 is 0 Å². The summed E-state index contributed by atoms with van der Waals surface area (Å²) in [6.45, 7) is 4.04. The van der Waals surface area contributed by atoms with Crippen LogP contribution in [-0.4, -0.2) is 17.2 Å². The number of hydrogen-bond acceptors (Lipinski definition) is 2. The minimum Gasteiger partial charge on any atom is -0.348 e. The van der Waals surface area contributed by atoms with E-state index in [0.29, 0.717) is 17.7 Å². The molecule has 0 saturated carbocycles. The molecule has 4 heteroatoms. The van der Waals surface area contributed by atoms with Gasteiger partial charge in [-0.1, -0.05) is 31.2 Å². The Kier molecular flexibility index (Phi) is 4.35. The Bertz CT molecular complexity index is 599. The zero-order chi connectivity index (χ0) is 14.5. The molecule has 20 heavy (non-hydrogen) atoms. The molecule has 0 aliphatic heterocycles. The second-order valence-electron chi connectivity index (χ2n) is 4.74. The Morgan fingerprint density at radius 1 is 1.25 bits per heavy atom. The van der Waals surface area contributed by atoms with Crippen molar-refractivity contribution in [1.29, 1.82) is 0 Å². The summed E-state index contributed by atoms with van der Waals surface area (Å²) in [6, 6.07) is 11.3. The van der Waals surface area contributed by atoms with Crippen LogP contribution in [0.4, 0.5) is 0 Å². The lowest BCUT2D eigenvalue weighted by Crippen LogP contribution is -2.26. The van der Waals surface area contributed by atoms with Crippen LogP contribution in [-0.2, 0) is 6.42 Å². The number of benzene rings is 1. The van der Waals surface area contributed by atoms with Gasteiger partial charge in [-0.05, 0) is 36.6 Å². The molecule has 0 radical (unpaired) electrons. The molecular weight excluding hydrogens is 252 g/mol. The van der Waals surface area contributed by atoms with E-state index in [2.05, 4.69) is 29.4 Å². The minimum atomic E-state index is -0.217. The molecule has 0 aliphatic rings. The van der Waals surface area contributed by atoms with Gasteiger partial charge in [0.05, 0.1) is 11.7 Å². The Hall–Kier alpha value is -2.36. The van der Waals surface area contributed by atoms with Crippen LogP contribution in [0.25, 0.3) is 0 Å². The lowest BCUT2D eigenvalue weighted by atomic mass is 10.0. The molecule has 0 spiro atoms. The predicted molar refractivity (Wildman–Crippen MR) is 77.9 cm³/mol. The third kappa shape index (κ3) is 3.15. The van der Waals surface area contributed by atoms with Gasteiger partial charge in [0.25, 0.3) is 5.91 Å². The first-order valence-corrected chi connectivity index (χ1v) is 6.68. The molecule has 1 atom stereocenters. The number of amides is 1. The molecule has 2 N–H and O–H groups in total. The molecule has 0 bridgehead atoms. The van der Waals surface area contributed by atoms with Crippen molar-refractivity contribution in [2.45, 2.75) is 26.3 Å². The van der Waals surface area contributed by atoms with E-state index >= 15 is 0 Å². The Balaban J connectivity index is 2.04. The number of aromatic amines is 1. The fourth-order valence-electron chi connectivity index (χ4n) is 2.01. The fourth-order valence-corrected chi connectivity index (χ4v) is 2.01. The first kappa shape index (κ1) is 14.1. The van der Waals surface area contributed by atoms with Crippen molar-refractivity contribution in [3.63, 3.8) is 0 Å². The van der Waals surface area contributed by atoms with Crippen molar-refractivity contribution in [3.05, 3.63) is 58.9 Å². The Morgan fingerprint density at radius 2 is 1.95 bits per heavy atom. The van der Waals surface area contributed by atoms with E-state index in [9.17, 15) is 9.59 Å². The van der Waals surface area contributed by atoms with Crippen molar-refractivity contribution in [2.24, 2.45) is 0 Å². The zero-order valence-electron chi connectivity index (χ0n) is 11.6. The first-order valence-electron chi connectivity index (χ1n) is 6.68. The number of aryl methyl sites for hydroxylation is 1. The SMILES string of the molecule is CCc1ccc(C(C)NC(=O)c2ccc(C=O)[nH]2)cc1. The molecule has 0 aliphatic carbocycles. The van der Waals surface area contributed by atoms with Crippen LogP contribution in [0.5, 0.6) is 0 Å². The minimum absolute atomic E-state index is 0.0867. The highest BCUT2D eigenvalue weighted by Crippen LogP contribution is 2.14. The van der Waals surface area contributed by atoms with Crippen LogP contribution in [0.1, 0.15) is 52.0 Å². The summed E-state index contributed by atoms with van der Waals surface area (Å²) in [7, 11) is 0. The molecule has 104 valence electrons. The molecule has 4 nitrogen and oxygen atoms in total. The predicted octanol–water partition coefficient (Wildman–Crippen LogP) is 2.88. The van der Waals surface area contributed by atoms with Gasteiger partial charge in [0.2, 0.25) is 0 Å². The van der Waals surface area contributed by atoms with E-state index in [-0.39, 0.29) is 11.9 Å². The number of aromatic nitrogens is 1. The number of carbonyl (C=O) groups is 2. The molecule has 2 aromatic rings. The lowest BCUT2D eigenvalue weighted by molar-refractivity contribution is 0.0935. The number of aldehydes is 1. The monoisotopic (exact) mass is 270 g/mol. The summed E-state index contributed by atoms with van der Waals surface area (Å²) in [5.74, 6) is -0.217. The second kappa shape index (κ2) is 6.19. The average molecular weight is 270 g/mol. The Labute approximate surface area is 118 Å². The fraction of sp³-hybridized carbons (Fsp3) is 0.250. The normalized spacial score (nSPS) is 11.9. The van der Waals surface area contributed by atoms with E-state index in [1.165, 1.54) is 5.56 Å². The van der Waals surface area contributed by atoms with Crippen LogP contribution in [0.15, 0.2) is 36.4 Å². The van der Waals surface area contributed by atoms with Gasteiger partial charge in [-0.3, -0.25) is 9.59 Å². The van der Waals surface area contributed by atoms with Crippen molar-refractivity contribution in [3.8, 4) is 0 Å². The van der Waals surface area contributed by atoms with Crippen LogP contribution in [0.2, 0.25) is 0 Å². The van der Waals surface area contributed by atoms with Gasteiger partial charge in [-0.25, -0.2) is 0 Å². The number of H-pyrrole nitrogens is 1. The van der Waals surface area contributed by atoms with E-state index in [1.54, 1.807) is 12.1 Å². The Morgan fingerprint density at radius 3 is 2.50 bits per heavy atom. The highest BCUT2D eigenvalue weighted by molar-refractivity contribution is 5.93. The van der Waals surface area contributed by atoms with E-state index in [4.69, 9.17) is 0 Å². The lowest BCUT2D eigenvalue weighted by Gasteiger charge is -2.14. The standard InChI is InChI=1S/C16H18N2O2/c1-3-12-4-6-13(7-5-12)11(2)17-16(20)15-9-8-14(10-19)18-15/h4-11,18H,3H2,1-2H3,(H,17,20). The summed E-state index contributed by atoms with van der Waals surface area (Å²) in [5, 5.41) is 2.90. The van der Waals surface area contributed by atoms with Crippen molar-refractivity contribution in [2.75, 3.05) is 0 Å². The summed E-state index contributed by atoms with van der Waals surface area (Å²) in [4.78, 5) is 25.4. The quantitative estimate of drug-likeness (QED) is 0.821. The number of nitrogens with one attached hydrogen (secondary N) is 2. The van der Waals surface area contributed by atoms with Gasteiger partial charge in [0, 0.05) is 0 Å². The van der Waals surface area contributed by atoms with Crippen molar-refractivity contribution < 1.29 is 9.59 Å². The van der Waals surface area contributed by atoms with Gasteiger partial charge >= 0.3 is 0 Å². The maximum Gasteiger partial charge on any atom is 0.268 e. The third-order valence-electron chi connectivity index (χ3n) is 3.32. The van der Waals surface area contributed by atoms with Gasteiger partial charge in [-0.15, -0.1) is 0 Å². The zero-order valence-corrected chi connectivity index (χ0v) is 11.6. The van der Waals surface area contributed by atoms with Gasteiger partial charge < -0.3 is 10.3 Å². The molecule has 0 saturated heterocycles. The average Bonchev–Trinajstić information content (AvgIpc) is 2.96. The first-order chi connectivity index (χ1) is 9.63. The highest BCUT2D eigenvalue weighted by Gasteiger charge is 2.12. The van der Waals surface area contributed by atoms with Crippen LogP contribution < -0.4 is 5.32 Å². The molecular formula is C16H18N2O2. The number of hydrogen-bond donors (Lipinski definition) is 2. The van der Waals surface area contributed by atoms with Gasteiger partial charge in [0.1, 0.15) is 5.69 Å². The summed E-state index contributed by atoms with van der Waals surface area (Å²) < 4.78 is 0. The summed E-state index contributed by atoms with van der Waals surface area (Å²) >= 11 is 0. The molecule has 0 fully saturated rings. The van der Waals surface area contributed by atoms with Crippen molar-refractivity contribution >= 4 is 12.2 Å². The molecule has 1 unspecified atom stereocenters. The maximum atomic E-state index is 12.0. The molecule has 1 aromatic heterocycles. The third-order valence-corrected chi connectivity index (χ3v) is 3.32. The number of carbonyl (C=O) groups excluding carboxylic acids is 2. The molecule has 1 heterocycles. The largest absolute Gasteiger partial charge is 0.348 e. The smallest absolute Gasteiger partial charge is 0.268 e. The summed E-state index contributed by atoms with van der Waals surface area (Å²) in [6.07, 6.45) is 1.68. The molecule has 1 aromatic carbocycles. The maximum absolute atomic E-state index is 12.0. The second-order valence-corrected chi connectivity index (χ2v) is 4.74. The summed E-state index contributed by atoms with van der Waals surface area (Å²) in [5.41, 5.74) is 3.12. The topological polar surface area (TPSA) is 62.0 Å². The van der Waals surface area contributed by atoms with E-state index in [1.807, 2.05) is 19.1 Å². The van der Waals surface area contributed by atoms with Gasteiger partial charge in [-0.2, -0.15) is 0 Å². The highest BCUT2D eigenvalue weighted by atomic mass is 16.2. The van der Waals surface area contributed by atoms with Crippen LogP contribution >= 0.6 is 0 Å². The van der Waals surface area contributed by atoms with Crippen molar-refractivity contribution in [1.82, 2.24) is 10.3 Å². The van der Waals surface area contributed by atoms with Crippen LogP contribution in [0, 0.1) is 0 Å². The van der Waals surface area contributed by atoms with E-state index in [0.717, 1.165) is 12.0 Å².